The van der Waals surface area contributed by atoms with Crippen molar-refractivity contribution >= 4 is 11.3 Å². The summed E-state index contributed by atoms with van der Waals surface area (Å²) in [5, 5.41) is 6.67. The van der Waals surface area contributed by atoms with Gasteiger partial charge in [0.25, 0.3) is 5.56 Å². The fourth-order valence-electron chi connectivity index (χ4n) is 3.29. The molecular formula is C20H22N4O2. The number of hydrogen-bond acceptors (Lipinski definition) is 5. The minimum atomic E-state index is -0.173. The molecule has 1 atom stereocenters. The number of nitrogens with zero attached hydrogens (tertiary/aromatic N) is 2. The number of ether oxygens (including phenoxy) is 1. The van der Waals surface area contributed by atoms with E-state index in [1.54, 1.807) is 10.5 Å². The molecular weight excluding hydrogens is 328 g/mol. The summed E-state index contributed by atoms with van der Waals surface area (Å²) in [6.07, 6.45) is -0.173. The Morgan fingerprint density at radius 2 is 2.12 bits per heavy atom. The molecule has 1 aliphatic rings. The third kappa shape index (κ3) is 3.47. The fourth-order valence-corrected chi connectivity index (χ4v) is 3.29. The molecule has 2 N–H and O–H groups in total. The summed E-state index contributed by atoms with van der Waals surface area (Å²) in [6, 6.07) is 15.6. The Balaban J connectivity index is 1.66. The number of pyridine rings is 1. The summed E-state index contributed by atoms with van der Waals surface area (Å²) >= 11 is 0. The van der Waals surface area contributed by atoms with Crippen LogP contribution in [0.5, 0.6) is 0 Å². The molecule has 2 aromatic heterocycles. The quantitative estimate of drug-likeness (QED) is 0.756. The van der Waals surface area contributed by atoms with E-state index in [0.29, 0.717) is 31.0 Å². The highest BCUT2D eigenvalue weighted by Gasteiger charge is 2.19. The molecule has 0 radical (unpaired) electrons. The molecule has 0 saturated carbocycles. The first-order chi connectivity index (χ1) is 12.7. The van der Waals surface area contributed by atoms with Gasteiger partial charge in [-0.25, -0.2) is 4.98 Å². The van der Waals surface area contributed by atoms with Crippen LogP contribution in [0.2, 0.25) is 0 Å². The van der Waals surface area contributed by atoms with Crippen molar-refractivity contribution < 1.29 is 4.74 Å². The van der Waals surface area contributed by atoms with E-state index < -0.39 is 0 Å². The highest BCUT2D eigenvalue weighted by molar-refractivity contribution is 5.47. The number of benzene rings is 1. The van der Waals surface area contributed by atoms with E-state index in [1.807, 2.05) is 49.4 Å². The smallest absolute Gasteiger partial charge is 0.258 e. The molecule has 134 valence electrons. The van der Waals surface area contributed by atoms with Crippen LogP contribution in [0.3, 0.4) is 0 Å². The molecule has 1 saturated heterocycles. The van der Waals surface area contributed by atoms with Crippen LogP contribution in [0.15, 0.2) is 53.3 Å². The van der Waals surface area contributed by atoms with Gasteiger partial charge in [-0.15, -0.1) is 0 Å². The first-order valence-corrected chi connectivity index (χ1v) is 8.85. The normalized spacial score (nSPS) is 17.3. The van der Waals surface area contributed by atoms with Gasteiger partial charge in [-0.3, -0.25) is 9.20 Å². The summed E-state index contributed by atoms with van der Waals surface area (Å²) < 4.78 is 7.39. The Labute approximate surface area is 151 Å². The van der Waals surface area contributed by atoms with Crippen LogP contribution in [0.4, 0.5) is 5.69 Å². The van der Waals surface area contributed by atoms with Crippen LogP contribution in [-0.2, 0) is 11.3 Å². The van der Waals surface area contributed by atoms with Gasteiger partial charge in [0.15, 0.2) is 0 Å². The highest BCUT2D eigenvalue weighted by atomic mass is 16.5. The molecule has 1 aromatic carbocycles. The van der Waals surface area contributed by atoms with Gasteiger partial charge in [-0.2, -0.15) is 0 Å². The van der Waals surface area contributed by atoms with E-state index in [2.05, 4.69) is 10.6 Å². The molecule has 1 unspecified atom stereocenters. The maximum Gasteiger partial charge on any atom is 0.258 e. The number of rotatable bonds is 4. The van der Waals surface area contributed by atoms with E-state index in [4.69, 9.17) is 9.72 Å². The molecule has 3 heterocycles. The maximum absolute atomic E-state index is 12.6. The molecule has 26 heavy (non-hydrogen) atoms. The number of aryl methyl sites for hydroxylation is 1. The summed E-state index contributed by atoms with van der Waals surface area (Å²) in [5.74, 6) is 0. The second kappa shape index (κ2) is 7.27. The lowest BCUT2D eigenvalue weighted by Gasteiger charge is -2.23. The van der Waals surface area contributed by atoms with E-state index in [1.165, 1.54) is 0 Å². The van der Waals surface area contributed by atoms with Gasteiger partial charge < -0.3 is 15.4 Å². The number of aromatic nitrogens is 2. The van der Waals surface area contributed by atoms with E-state index in [9.17, 15) is 4.79 Å². The number of para-hydroxylation sites is 1. The third-order valence-corrected chi connectivity index (χ3v) is 4.55. The number of morpholine rings is 1. The minimum Gasteiger partial charge on any atom is -0.381 e. The maximum atomic E-state index is 12.6. The topological polar surface area (TPSA) is 67.7 Å². The molecule has 0 amide bonds. The molecule has 6 heteroatoms. The van der Waals surface area contributed by atoms with Crippen molar-refractivity contribution in [2.24, 2.45) is 0 Å². The second-order valence-electron chi connectivity index (χ2n) is 6.50. The summed E-state index contributed by atoms with van der Waals surface area (Å²) in [6.45, 7) is 4.74. The summed E-state index contributed by atoms with van der Waals surface area (Å²) in [7, 11) is 0. The zero-order valence-electron chi connectivity index (χ0n) is 14.7. The average molecular weight is 350 g/mol. The van der Waals surface area contributed by atoms with Crippen LogP contribution in [0.1, 0.15) is 23.1 Å². The molecule has 3 aromatic rings. The van der Waals surface area contributed by atoms with Crippen molar-refractivity contribution in [1.82, 2.24) is 14.7 Å². The first kappa shape index (κ1) is 16.8. The lowest BCUT2D eigenvalue weighted by atomic mass is 10.2. The summed E-state index contributed by atoms with van der Waals surface area (Å²) in [5.41, 5.74) is 4.29. The van der Waals surface area contributed by atoms with Crippen molar-refractivity contribution in [3.05, 3.63) is 75.8 Å². The van der Waals surface area contributed by atoms with E-state index >= 15 is 0 Å². The molecule has 0 aliphatic carbocycles. The van der Waals surface area contributed by atoms with Crippen LogP contribution >= 0.6 is 0 Å². The van der Waals surface area contributed by atoms with Crippen molar-refractivity contribution in [2.75, 3.05) is 25.0 Å². The van der Waals surface area contributed by atoms with Gasteiger partial charge in [-0.05, 0) is 36.8 Å². The first-order valence-electron chi connectivity index (χ1n) is 8.85. The van der Waals surface area contributed by atoms with Crippen molar-refractivity contribution in [2.45, 2.75) is 19.6 Å². The van der Waals surface area contributed by atoms with Crippen LogP contribution < -0.4 is 16.2 Å². The fraction of sp³-hybridized carbons (Fsp3) is 0.300. The predicted octanol–water partition coefficient (Wildman–Crippen LogP) is 2.28. The van der Waals surface area contributed by atoms with Crippen LogP contribution in [0.25, 0.3) is 5.65 Å². The molecule has 4 rings (SSSR count). The van der Waals surface area contributed by atoms with E-state index in [0.717, 1.165) is 23.5 Å². The molecule has 1 aliphatic heterocycles. The number of fused-ring (bicyclic) bond motifs is 1. The molecule has 6 nitrogen and oxygen atoms in total. The van der Waals surface area contributed by atoms with Crippen LogP contribution in [-0.4, -0.2) is 29.1 Å². The van der Waals surface area contributed by atoms with Gasteiger partial charge >= 0.3 is 0 Å². The van der Waals surface area contributed by atoms with Gasteiger partial charge in [0, 0.05) is 37.1 Å². The molecule has 0 bridgehead atoms. The zero-order valence-corrected chi connectivity index (χ0v) is 14.7. The SMILES string of the molecule is Cc1cc(CNc2ccccc2)cc2nc(C3CNCCO3)cc(=O)n12. The minimum absolute atomic E-state index is 0.0701. The average Bonchev–Trinajstić information content (AvgIpc) is 2.67. The molecule has 0 spiro atoms. The highest BCUT2D eigenvalue weighted by Crippen LogP contribution is 2.17. The summed E-state index contributed by atoms with van der Waals surface area (Å²) in [4.78, 5) is 17.3. The Kier molecular flexibility index (Phi) is 4.69. The Bertz CT molecular complexity index is 963. The van der Waals surface area contributed by atoms with Crippen LogP contribution in [0, 0.1) is 6.92 Å². The van der Waals surface area contributed by atoms with Crippen molar-refractivity contribution in [1.29, 1.82) is 0 Å². The Hall–Kier alpha value is -2.70. The zero-order chi connectivity index (χ0) is 17.9. The molecule has 1 fully saturated rings. The standard InChI is InChI=1S/C20H22N4O2/c1-14-9-15(12-22-16-5-3-2-4-6-16)10-19-23-17(11-20(25)24(14)19)18-13-21-7-8-26-18/h2-6,9-11,18,21-22H,7-8,12-13H2,1H3. The van der Waals surface area contributed by atoms with Crippen molar-refractivity contribution in [3.8, 4) is 0 Å². The van der Waals surface area contributed by atoms with E-state index in [-0.39, 0.29) is 11.7 Å². The second-order valence-corrected chi connectivity index (χ2v) is 6.50. The number of nitrogens with one attached hydrogen (secondary N) is 2. The van der Waals surface area contributed by atoms with Gasteiger partial charge in [0.05, 0.1) is 12.3 Å². The predicted molar refractivity (Wildman–Crippen MR) is 102 cm³/mol. The van der Waals surface area contributed by atoms with Gasteiger partial charge in [0.1, 0.15) is 11.8 Å². The van der Waals surface area contributed by atoms with Gasteiger partial charge in [0.2, 0.25) is 0 Å². The van der Waals surface area contributed by atoms with Gasteiger partial charge in [-0.1, -0.05) is 18.2 Å². The Morgan fingerprint density at radius 3 is 2.88 bits per heavy atom. The van der Waals surface area contributed by atoms with Crippen molar-refractivity contribution in [3.63, 3.8) is 0 Å². The lowest BCUT2D eigenvalue weighted by Crippen LogP contribution is -2.34. The number of anilines is 1. The monoisotopic (exact) mass is 350 g/mol. The number of hydrogen-bond donors (Lipinski definition) is 2. The lowest BCUT2D eigenvalue weighted by molar-refractivity contribution is 0.0250. The third-order valence-electron chi connectivity index (χ3n) is 4.55. The Morgan fingerprint density at radius 1 is 1.27 bits per heavy atom. The largest absolute Gasteiger partial charge is 0.381 e.